The molecule has 0 radical (unpaired) electrons. The molecule has 0 atom stereocenters. The summed E-state index contributed by atoms with van der Waals surface area (Å²) in [5.74, 6) is 0.226. The van der Waals surface area contributed by atoms with E-state index in [1.165, 1.54) is 25.8 Å². The number of nitrogens with zero attached hydrogens (tertiary/aromatic N) is 2. The van der Waals surface area contributed by atoms with Crippen LogP contribution in [-0.4, -0.2) is 23.0 Å². The quantitative estimate of drug-likeness (QED) is 0.278. The van der Waals surface area contributed by atoms with E-state index in [1.54, 1.807) is 24.3 Å². The van der Waals surface area contributed by atoms with Crippen molar-refractivity contribution >= 4 is 17.6 Å². The van der Waals surface area contributed by atoms with Gasteiger partial charge in [-0.15, -0.1) is 0 Å². The van der Waals surface area contributed by atoms with Gasteiger partial charge < -0.3 is 14.2 Å². The summed E-state index contributed by atoms with van der Waals surface area (Å²) >= 11 is 5.75. The SMILES string of the molecule is CO/C=C/C(=O)Oc1ccccc1Oc1cc(Cl)ncn1. The molecule has 2 rings (SSSR count). The van der Waals surface area contributed by atoms with E-state index >= 15 is 0 Å². The summed E-state index contributed by atoms with van der Waals surface area (Å²) in [5, 5.41) is 0.248. The lowest BCUT2D eigenvalue weighted by atomic mass is 10.3. The van der Waals surface area contributed by atoms with Gasteiger partial charge in [-0.25, -0.2) is 14.8 Å². The van der Waals surface area contributed by atoms with Gasteiger partial charge in [0.25, 0.3) is 0 Å². The molecule has 0 unspecified atom stereocenters. The van der Waals surface area contributed by atoms with Crippen LogP contribution in [0.1, 0.15) is 0 Å². The Labute approximate surface area is 126 Å². The molecule has 0 saturated heterocycles. The summed E-state index contributed by atoms with van der Waals surface area (Å²) in [5.41, 5.74) is 0. The van der Waals surface area contributed by atoms with Crippen LogP contribution in [0.3, 0.4) is 0 Å². The van der Waals surface area contributed by atoms with Gasteiger partial charge in [0.05, 0.1) is 19.4 Å². The van der Waals surface area contributed by atoms with E-state index in [0.29, 0.717) is 5.75 Å². The number of benzene rings is 1. The van der Waals surface area contributed by atoms with Gasteiger partial charge in [0.2, 0.25) is 5.88 Å². The standard InChI is InChI=1S/C14H11ClN2O4/c1-19-7-6-14(18)21-11-5-3-2-4-10(11)20-13-8-12(15)16-9-17-13/h2-9H,1H3/b7-6+. The van der Waals surface area contributed by atoms with Gasteiger partial charge in [0.1, 0.15) is 11.5 Å². The van der Waals surface area contributed by atoms with Crippen molar-refractivity contribution in [3.63, 3.8) is 0 Å². The third-order valence-corrected chi connectivity index (χ3v) is 2.43. The van der Waals surface area contributed by atoms with E-state index in [0.717, 1.165) is 6.08 Å². The summed E-state index contributed by atoms with van der Waals surface area (Å²) in [4.78, 5) is 19.2. The molecule has 1 aromatic carbocycles. The van der Waals surface area contributed by atoms with Crippen molar-refractivity contribution in [2.24, 2.45) is 0 Å². The second-order valence-electron chi connectivity index (χ2n) is 3.69. The number of rotatable bonds is 5. The highest BCUT2D eigenvalue weighted by Crippen LogP contribution is 2.30. The molecule has 0 aliphatic carbocycles. The molecule has 0 aliphatic heterocycles. The first-order valence-electron chi connectivity index (χ1n) is 5.84. The maximum atomic E-state index is 11.5. The summed E-state index contributed by atoms with van der Waals surface area (Å²) in [6, 6.07) is 8.13. The third-order valence-electron chi connectivity index (χ3n) is 2.22. The zero-order valence-electron chi connectivity index (χ0n) is 11.0. The Hall–Kier alpha value is -2.60. The fraction of sp³-hybridized carbons (Fsp3) is 0.0714. The molecule has 2 aromatic rings. The van der Waals surface area contributed by atoms with Crippen LogP contribution in [-0.2, 0) is 9.53 Å². The summed E-state index contributed by atoms with van der Waals surface area (Å²) < 4.78 is 15.3. The van der Waals surface area contributed by atoms with Crippen LogP contribution in [0.4, 0.5) is 0 Å². The molecular formula is C14H11ClN2O4. The van der Waals surface area contributed by atoms with Crippen molar-refractivity contribution in [1.29, 1.82) is 0 Å². The van der Waals surface area contributed by atoms with Crippen LogP contribution >= 0.6 is 11.6 Å². The fourth-order valence-electron chi connectivity index (χ4n) is 1.37. The average molecular weight is 307 g/mol. The van der Waals surface area contributed by atoms with Gasteiger partial charge in [0.15, 0.2) is 11.5 Å². The van der Waals surface area contributed by atoms with Gasteiger partial charge in [-0.1, -0.05) is 23.7 Å². The van der Waals surface area contributed by atoms with Crippen molar-refractivity contribution in [2.75, 3.05) is 7.11 Å². The van der Waals surface area contributed by atoms with Crippen molar-refractivity contribution in [2.45, 2.75) is 0 Å². The Morgan fingerprint density at radius 1 is 1.24 bits per heavy atom. The maximum Gasteiger partial charge on any atom is 0.339 e. The fourth-order valence-corrected chi connectivity index (χ4v) is 1.51. The molecule has 7 heteroatoms. The predicted molar refractivity (Wildman–Crippen MR) is 75.3 cm³/mol. The summed E-state index contributed by atoms with van der Waals surface area (Å²) in [6.07, 6.45) is 3.64. The summed E-state index contributed by atoms with van der Waals surface area (Å²) in [7, 11) is 1.43. The first-order valence-corrected chi connectivity index (χ1v) is 6.22. The molecule has 6 nitrogen and oxygen atoms in total. The highest BCUT2D eigenvalue weighted by Gasteiger charge is 2.10. The monoisotopic (exact) mass is 306 g/mol. The number of para-hydroxylation sites is 2. The molecule has 0 fully saturated rings. The second-order valence-corrected chi connectivity index (χ2v) is 4.07. The zero-order chi connectivity index (χ0) is 15.1. The van der Waals surface area contributed by atoms with Crippen LogP contribution in [0.2, 0.25) is 5.15 Å². The highest BCUT2D eigenvalue weighted by atomic mass is 35.5. The number of halogens is 1. The molecular weight excluding hydrogens is 296 g/mol. The van der Waals surface area contributed by atoms with Gasteiger partial charge in [-0.05, 0) is 12.1 Å². The normalized spacial score (nSPS) is 10.4. The zero-order valence-corrected chi connectivity index (χ0v) is 11.8. The van der Waals surface area contributed by atoms with Gasteiger partial charge in [-0.2, -0.15) is 0 Å². The molecule has 0 spiro atoms. The Morgan fingerprint density at radius 2 is 2.00 bits per heavy atom. The number of methoxy groups -OCH3 is 1. The third kappa shape index (κ3) is 4.47. The van der Waals surface area contributed by atoms with E-state index < -0.39 is 5.97 Å². The maximum absolute atomic E-state index is 11.5. The number of hydrogen-bond donors (Lipinski definition) is 0. The minimum atomic E-state index is -0.589. The highest BCUT2D eigenvalue weighted by molar-refractivity contribution is 6.29. The topological polar surface area (TPSA) is 70.5 Å². The molecule has 0 bridgehead atoms. The summed E-state index contributed by atoms with van der Waals surface area (Å²) in [6.45, 7) is 0. The van der Waals surface area contributed by atoms with Crippen LogP contribution in [0.5, 0.6) is 17.4 Å². The van der Waals surface area contributed by atoms with E-state index in [9.17, 15) is 4.79 Å². The Bertz CT molecular complexity index is 661. The molecule has 1 aromatic heterocycles. The van der Waals surface area contributed by atoms with E-state index in [-0.39, 0.29) is 16.8 Å². The molecule has 0 N–H and O–H groups in total. The first-order chi connectivity index (χ1) is 10.2. The lowest BCUT2D eigenvalue weighted by Crippen LogP contribution is -2.05. The number of aromatic nitrogens is 2. The van der Waals surface area contributed by atoms with E-state index in [4.69, 9.17) is 21.1 Å². The van der Waals surface area contributed by atoms with Crippen LogP contribution in [0, 0.1) is 0 Å². The number of ether oxygens (including phenoxy) is 3. The smallest absolute Gasteiger partial charge is 0.339 e. The van der Waals surface area contributed by atoms with Crippen molar-refractivity contribution in [1.82, 2.24) is 9.97 Å². The predicted octanol–water partition coefficient (Wildman–Crippen LogP) is 2.99. The molecule has 0 aliphatic rings. The Balaban J connectivity index is 2.17. The molecule has 108 valence electrons. The average Bonchev–Trinajstić information content (AvgIpc) is 2.47. The number of hydrogen-bond acceptors (Lipinski definition) is 6. The van der Waals surface area contributed by atoms with Gasteiger partial charge in [0, 0.05) is 6.07 Å². The first kappa shape index (κ1) is 14.8. The number of esters is 1. The molecule has 0 saturated carbocycles. The van der Waals surface area contributed by atoms with Crippen molar-refractivity contribution in [3.8, 4) is 17.4 Å². The lowest BCUT2D eigenvalue weighted by Gasteiger charge is -2.09. The minimum absolute atomic E-state index is 0.242. The van der Waals surface area contributed by atoms with E-state index in [1.807, 2.05) is 0 Å². The largest absolute Gasteiger partial charge is 0.504 e. The Morgan fingerprint density at radius 3 is 2.71 bits per heavy atom. The van der Waals surface area contributed by atoms with E-state index in [2.05, 4.69) is 14.7 Å². The van der Waals surface area contributed by atoms with Crippen molar-refractivity contribution < 1.29 is 19.0 Å². The molecule has 21 heavy (non-hydrogen) atoms. The molecule has 1 heterocycles. The minimum Gasteiger partial charge on any atom is -0.504 e. The van der Waals surface area contributed by atoms with Crippen molar-refractivity contribution in [3.05, 3.63) is 54.2 Å². The Kier molecular flexibility index (Phi) is 5.11. The van der Waals surface area contributed by atoms with Crippen LogP contribution in [0.25, 0.3) is 0 Å². The molecule has 0 amide bonds. The van der Waals surface area contributed by atoms with Crippen LogP contribution in [0.15, 0.2) is 49.0 Å². The van der Waals surface area contributed by atoms with Crippen LogP contribution < -0.4 is 9.47 Å². The van der Waals surface area contributed by atoms with Gasteiger partial charge >= 0.3 is 5.97 Å². The second kappa shape index (κ2) is 7.25. The van der Waals surface area contributed by atoms with Gasteiger partial charge in [-0.3, -0.25) is 0 Å². The number of carbonyl (C=O) groups excluding carboxylic acids is 1. The lowest BCUT2D eigenvalue weighted by molar-refractivity contribution is -0.129. The number of carbonyl (C=O) groups is 1.